The van der Waals surface area contributed by atoms with Crippen LogP contribution in [0.1, 0.15) is 11.1 Å². The minimum absolute atomic E-state index is 0.00674. The third-order valence-electron chi connectivity index (χ3n) is 4.98. The van der Waals surface area contributed by atoms with E-state index in [0.717, 1.165) is 13.1 Å². The average molecular weight is 423 g/mol. The second-order valence-electron chi connectivity index (χ2n) is 6.85. The summed E-state index contributed by atoms with van der Waals surface area (Å²) >= 11 is 1.17. The summed E-state index contributed by atoms with van der Waals surface area (Å²) in [5.41, 5.74) is 7.49. The number of amides is 1. The average Bonchev–Trinajstić information content (AvgIpc) is 2.77. The number of aromatic nitrogens is 1. The second kappa shape index (κ2) is 9.49. The number of thioether (sulfide) groups is 1. The van der Waals surface area contributed by atoms with Crippen LogP contribution in [0.4, 0.5) is 5.82 Å². The van der Waals surface area contributed by atoms with Crippen molar-refractivity contribution < 1.29 is 9.53 Å². The number of piperazine rings is 1. The first-order valence-electron chi connectivity index (χ1n) is 9.35. The van der Waals surface area contributed by atoms with Crippen LogP contribution >= 0.6 is 11.8 Å². The zero-order valence-corrected chi connectivity index (χ0v) is 17.7. The third kappa shape index (κ3) is 4.48. The fourth-order valence-corrected chi connectivity index (χ4v) is 4.12. The number of nitrogens with zero attached hydrogens (tertiary/aromatic N) is 5. The van der Waals surface area contributed by atoms with Gasteiger partial charge in [0.25, 0.3) is 0 Å². The van der Waals surface area contributed by atoms with E-state index in [-0.39, 0.29) is 28.6 Å². The summed E-state index contributed by atoms with van der Waals surface area (Å²) in [5.74, 6) is 0.841. The zero-order chi connectivity index (χ0) is 21.7. The van der Waals surface area contributed by atoms with Gasteiger partial charge in [-0.3, -0.25) is 4.79 Å². The summed E-state index contributed by atoms with van der Waals surface area (Å²) in [6.45, 7) is 3.04. The highest BCUT2D eigenvalue weighted by Crippen LogP contribution is 2.36. The molecule has 0 spiro atoms. The van der Waals surface area contributed by atoms with Crippen molar-refractivity contribution in [1.29, 1.82) is 10.5 Å². The normalized spacial score (nSPS) is 14.1. The fraction of sp³-hybridized carbons (Fsp3) is 0.333. The van der Waals surface area contributed by atoms with Gasteiger partial charge in [0.1, 0.15) is 34.3 Å². The Labute approximate surface area is 179 Å². The van der Waals surface area contributed by atoms with Crippen molar-refractivity contribution in [3.8, 4) is 29.0 Å². The number of carbonyl (C=O) groups is 1. The monoisotopic (exact) mass is 422 g/mol. The van der Waals surface area contributed by atoms with Crippen molar-refractivity contribution >= 4 is 23.5 Å². The molecule has 1 saturated heterocycles. The van der Waals surface area contributed by atoms with Gasteiger partial charge in [-0.1, -0.05) is 23.9 Å². The highest BCUT2D eigenvalue weighted by molar-refractivity contribution is 8.00. The van der Waals surface area contributed by atoms with Gasteiger partial charge in [-0.25, -0.2) is 4.98 Å². The highest BCUT2D eigenvalue weighted by atomic mass is 32.2. The molecule has 2 N–H and O–H groups in total. The molecule has 0 unspecified atom stereocenters. The molecule has 1 aliphatic rings. The first-order chi connectivity index (χ1) is 14.5. The van der Waals surface area contributed by atoms with Gasteiger partial charge in [0.2, 0.25) is 5.91 Å². The maximum absolute atomic E-state index is 12.6. The number of nitriles is 2. The Morgan fingerprint density at radius 2 is 1.80 bits per heavy atom. The molecular weight excluding hydrogens is 400 g/mol. The van der Waals surface area contributed by atoms with Gasteiger partial charge in [-0.05, 0) is 24.7 Å². The van der Waals surface area contributed by atoms with Crippen LogP contribution in [0.5, 0.6) is 5.75 Å². The minimum Gasteiger partial charge on any atom is -0.497 e. The van der Waals surface area contributed by atoms with Crippen LogP contribution in [0.2, 0.25) is 0 Å². The summed E-state index contributed by atoms with van der Waals surface area (Å²) in [6, 6.07) is 11.2. The van der Waals surface area contributed by atoms with Gasteiger partial charge in [-0.15, -0.1) is 0 Å². The standard InChI is InChI=1S/C21H22N6O2S/c1-26-7-9-27(10-8-26)18(28)13-30-21-17(12-23)19(16(11-22)20(24)25-21)14-3-5-15(29-2)6-4-14/h3-6H,7-10,13H2,1-2H3,(H2,24,25). The van der Waals surface area contributed by atoms with Crippen molar-refractivity contribution in [2.75, 3.05) is 51.8 Å². The number of rotatable bonds is 5. The van der Waals surface area contributed by atoms with E-state index < -0.39 is 0 Å². The molecule has 0 atom stereocenters. The first kappa shape index (κ1) is 21.4. The molecule has 2 aromatic rings. The van der Waals surface area contributed by atoms with Crippen LogP contribution in [0, 0.1) is 22.7 Å². The molecule has 1 aromatic heterocycles. The van der Waals surface area contributed by atoms with Gasteiger partial charge < -0.3 is 20.3 Å². The number of benzene rings is 1. The molecule has 1 aromatic carbocycles. The van der Waals surface area contributed by atoms with Crippen LogP contribution in [0.3, 0.4) is 0 Å². The SMILES string of the molecule is COc1ccc(-c2c(C#N)c(N)nc(SCC(=O)N3CCN(C)CC3)c2C#N)cc1. The van der Waals surface area contributed by atoms with Gasteiger partial charge in [0.05, 0.1) is 18.4 Å². The number of hydrogen-bond donors (Lipinski definition) is 1. The van der Waals surface area contributed by atoms with Gasteiger partial charge >= 0.3 is 0 Å². The van der Waals surface area contributed by atoms with E-state index in [1.165, 1.54) is 11.8 Å². The Morgan fingerprint density at radius 1 is 1.17 bits per heavy atom. The number of nitrogens with two attached hydrogens (primary N) is 1. The number of anilines is 1. The lowest BCUT2D eigenvalue weighted by Gasteiger charge is -2.32. The fourth-order valence-electron chi connectivity index (χ4n) is 3.23. The van der Waals surface area contributed by atoms with E-state index in [1.807, 2.05) is 11.9 Å². The predicted molar refractivity (Wildman–Crippen MR) is 115 cm³/mol. The summed E-state index contributed by atoms with van der Waals surface area (Å²) in [7, 11) is 3.59. The number of carbonyl (C=O) groups excluding carboxylic acids is 1. The molecular formula is C21H22N6O2S. The Kier molecular flexibility index (Phi) is 6.78. The third-order valence-corrected chi connectivity index (χ3v) is 5.94. The summed E-state index contributed by atoms with van der Waals surface area (Å²) < 4.78 is 5.18. The number of methoxy groups -OCH3 is 1. The van der Waals surface area contributed by atoms with E-state index in [0.29, 0.717) is 35.0 Å². The number of hydrogen-bond acceptors (Lipinski definition) is 8. The quantitative estimate of drug-likeness (QED) is 0.726. The maximum Gasteiger partial charge on any atom is 0.233 e. The lowest BCUT2D eigenvalue weighted by molar-refractivity contribution is -0.129. The smallest absolute Gasteiger partial charge is 0.233 e. The maximum atomic E-state index is 12.6. The van der Waals surface area contributed by atoms with E-state index in [4.69, 9.17) is 10.5 Å². The Bertz CT molecular complexity index is 1020. The molecule has 1 amide bonds. The van der Waals surface area contributed by atoms with Crippen molar-refractivity contribution in [3.63, 3.8) is 0 Å². The molecule has 0 aliphatic carbocycles. The van der Waals surface area contributed by atoms with E-state index in [9.17, 15) is 15.3 Å². The number of likely N-dealkylation sites (N-methyl/N-ethyl adjacent to an activating group) is 1. The van der Waals surface area contributed by atoms with Crippen molar-refractivity contribution in [2.24, 2.45) is 0 Å². The molecule has 0 bridgehead atoms. The van der Waals surface area contributed by atoms with Gasteiger partial charge in [0, 0.05) is 31.7 Å². The molecule has 0 saturated carbocycles. The molecule has 9 heteroatoms. The number of nitrogen functional groups attached to an aromatic ring is 1. The number of pyridine rings is 1. The summed E-state index contributed by atoms with van der Waals surface area (Å²) in [5, 5.41) is 19.8. The summed E-state index contributed by atoms with van der Waals surface area (Å²) in [4.78, 5) is 20.8. The second-order valence-corrected chi connectivity index (χ2v) is 7.82. The van der Waals surface area contributed by atoms with Crippen LogP contribution in [0.25, 0.3) is 11.1 Å². The van der Waals surface area contributed by atoms with Gasteiger partial charge in [-0.2, -0.15) is 10.5 Å². The topological polar surface area (TPSA) is 119 Å². The molecule has 1 fully saturated rings. The molecule has 0 radical (unpaired) electrons. The zero-order valence-electron chi connectivity index (χ0n) is 16.9. The molecule has 3 rings (SSSR count). The van der Waals surface area contributed by atoms with Crippen molar-refractivity contribution in [3.05, 3.63) is 35.4 Å². The van der Waals surface area contributed by atoms with Crippen LogP contribution < -0.4 is 10.5 Å². The highest BCUT2D eigenvalue weighted by Gasteiger charge is 2.23. The van der Waals surface area contributed by atoms with E-state index in [1.54, 1.807) is 31.4 Å². The van der Waals surface area contributed by atoms with Crippen LogP contribution in [0.15, 0.2) is 29.3 Å². The lowest BCUT2D eigenvalue weighted by Crippen LogP contribution is -2.47. The molecule has 2 heterocycles. The van der Waals surface area contributed by atoms with Crippen LogP contribution in [-0.2, 0) is 4.79 Å². The van der Waals surface area contributed by atoms with Crippen LogP contribution in [-0.4, -0.2) is 66.8 Å². The molecule has 154 valence electrons. The molecule has 1 aliphatic heterocycles. The number of ether oxygens (including phenoxy) is 1. The van der Waals surface area contributed by atoms with Crippen molar-refractivity contribution in [2.45, 2.75) is 5.03 Å². The molecule has 8 nitrogen and oxygen atoms in total. The van der Waals surface area contributed by atoms with Crippen molar-refractivity contribution in [1.82, 2.24) is 14.8 Å². The lowest BCUT2D eigenvalue weighted by atomic mass is 9.97. The first-order valence-corrected chi connectivity index (χ1v) is 10.3. The minimum atomic E-state index is -0.00674. The van der Waals surface area contributed by atoms with E-state index in [2.05, 4.69) is 22.0 Å². The predicted octanol–water partition coefficient (Wildman–Crippen LogP) is 1.95. The Balaban J connectivity index is 1.91. The van der Waals surface area contributed by atoms with Gasteiger partial charge in [0.15, 0.2) is 0 Å². The summed E-state index contributed by atoms with van der Waals surface area (Å²) in [6.07, 6.45) is 0. The Hall–Kier alpha value is -3.27. The Morgan fingerprint density at radius 3 is 2.37 bits per heavy atom. The molecule has 30 heavy (non-hydrogen) atoms. The largest absolute Gasteiger partial charge is 0.497 e. The van der Waals surface area contributed by atoms with E-state index >= 15 is 0 Å².